The number of fused-ring (bicyclic) bond motifs is 1. The molecule has 0 aromatic heterocycles. The van der Waals surface area contributed by atoms with Crippen molar-refractivity contribution in [1.82, 2.24) is 0 Å². The number of aryl methyl sites for hydroxylation is 1. The van der Waals surface area contributed by atoms with Gasteiger partial charge >= 0.3 is 5.97 Å². The third-order valence-electron chi connectivity index (χ3n) is 5.07. The Bertz CT molecular complexity index is 713. The van der Waals surface area contributed by atoms with Crippen LogP contribution in [0.25, 0.3) is 0 Å². The summed E-state index contributed by atoms with van der Waals surface area (Å²) in [6, 6.07) is 7.77. The maximum atomic E-state index is 13.0. The molecule has 1 aromatic carbocycles. The van der Waals surface area contributed by atoms with E-state index in [9.17, 15) is 9.59 Å². The first-order chi connectivity index (χ1) is 11.1. The largest absolute Gasteiger partial charge is 0.466 e. The van der Waals surface area contributed by atoms with Gasteiger partial charge < -0.3 is 14.4 Å². The molecule has 2 saturated heterocycles. The minimum atomic E-state index is -0.693. The first kappa shape index (κ1) is 14.5. The van der Waals surface area contributed by atoms with Crippen LogP contribution in [-0.4, -0.2) is 36.7 Å². The van der Waals surface area contributed by atoms with Gasteiger partial charge in [0, 0.05) is 5.69 Å². The molecule has 3 heterocycles. The van der Waals surface area contributed by atoms with Crippen LogP contribution in [0.15, 0.2) is 36.4 Å². The lowest BCUT2D eigenvalue weighted by Crippen LogP contribution is -2.40. The molecular weight excluding hydrogens is 294 g/mol. The molecule has 0 saturated carbocycles. The molecule has 0 aliphatic carbocycles. The number of nitrogens with zero attached hydrogens (tertiary/aromatic N) is 1. The van der Waals surface area contributed by atoms with Gasteiger partial charge in [0.05, 0.1) is 25.2 Å². The van der Waals surface area contributed by atoms with Crippen molar-refractivity contribution in [2.45, 2.75) is 25.6 Å². The minimum Gasteiger partial charge on any atom is -0.466 e. The van der Waals surface area contributed by atoms with Crippen LogP contribution in [0.3, 0.4) is 0 Å². The number of rotatable bonds is 3. The summed E-state index contributed by atoms with van der Waals surface area (Å²) in [5.41, 5.74) is 1.22. The van der Waals surface area contributed by atoms with Gasteiger partial charge in [0.25, 0.3) is 0 Å². The average Bonchev–Trinajstić information content (AvgIpc) is 3.16. The number of anilines is 1. The lowest BCUT2D eigenvalue weighted by molar-refractivity contribution is -0.151. The van der Waals surface area contributed by atoms with Crippen molar-refractivity contribution in [3.05, 3.63) is 42.0 Å². The molecule has 4 unspecified atom stereocenters. The molecule has 0 N–H and O–H groups in total. The molecule has 2 fully saturated rings. The highest BCUT2D eigenvalue weighted by molar-refractivity contribution is 6.03. The third-order valence-corrected chi connectivity index (χ3v) is 5.07. The summed E-state index contributed by atoms with van der Waals surface area (Å²) in [6.07, 6.45) is 3.50. The summed E-state index contributed by atoms with van der Waals surface area (Å²) >= 11 is 0. The molecule has 1 amide bonds. The van der Waals surface area contributed by atoms with E-state index in [0.717, 1.165) is 11.3 Å². The molecule has 2 bridgehead atoms. The smallest absolute Gasteiger partial charge is 0.312 e. The molecule has 1 aromatic rings. The van der Waals surface area contributed by atoms with E-state index in [1.165, 1.54) is 0 Å². The zero-order valence-electron chi connectivity index (χ0n) is 13.2. The fourth-order valence-corrected chi connectivity index (χ4v) is 4.08. The van der Waals surface area contributed by atoms with Crippen molar-refractivity contribution in [3.63, 3.8) is 0 Å². The van der Waals surface area contributed by atoms with Gasteiger partial charge in [0.1, 0.15) is 11.5 Å². The van der Waals surface area contributed by atoms with Crippen molar-refractivity contribution in [1.29, 1.82) is 0 Å². The van der Waals surface area contributed by atoms with Crippen LogP contribution in [0, 0.1) is 18.8 Å². The zero-order chi connectivity index (χ0) is 16.2. The Morgan fingerprint density at radius 1 is 1.43 bits per heavy atom. The Morgan fingerprint density at radius 2 is 2.22 bits per heavy atom. The third kappa shape index (κ3) is 1.89. The van der Waals surface area contributed by atoms with Crippen molar-refractivity contribution in [2.24, 2.45) is 11.8 Å². The summed E-state index contributed by atoms with van der Waals surface area (Å²) in [4.78, 5) is 27.1. The molecule has 0 radical (unpaired) electrons. The lowest BCUT2D eigenvalue weighted by Gasteiger charge is -2.22. The average molecular weight is 313 g/mol. The number of hydrogen-bond acceptors (Lipinski definition) is 4. The summed E-state index contributed by atoms with van der Waals surface area (Å²) in [5.74, 6) is -1.42. The number of carbonyl (C=O) groups excluding carboxylic acids is 2. The van der Waals surface area contributed by atoms with Gasteiger partial charge in [-0.3, -0.25) is 9.59 Å². The number of ether oxygens (including phenoxy) is 2. The van der Waals surface area contributed by atoms with Gasteiger partial charge in [0.2, 0.25) is 5.91 Å². The summed E-state index contributed by atoms with van der Waals surface area (Å²) in [5, 5.41) is 0. The molecule has 3 aliphatic heterocycles. The second kappa shape index (κ2) is 4.93. The van der Waals surface area contributed by atoms with E-state index in [4.69, 9.17) is 9.47 Å². The highest BCUT2D eigenvalue weighted by Crippen LogP contribution is 2.53. The number of esters is 1. The second-order valence-corrected chi connectivity index (χ2v) is 6.36. The first-order valence-corrected chi connectivity index (χ1v) is 7.98. The molecule has 4 atom stereocenters. The Kier molecular flexibility index (Phi) is 3.10. The fraction of sp³-hybridized carbons (Fsp3) is 0.444. The molecule has 23 heavy (non-hydrogen) atoms. The maximum Gasteiger partial charge on any atom is 0.312 e. The lowest BCUT2D eigenvalue weighted by atomic mass is 9.77. The van der Waals surface area contributed by atoms with Crippen molar-refractivity contribution in [2.75, 3.05) is 18.1 Å². The summed E-state index contributed by atoms with van der Waals surface area (Å²) in [7, 11) is 0. The van der Waals surface area contributed by atoms with E-state index in [0.29, 0.717) is 13.2 Å². The van der Waals surface area contributed by atoms with E-state index in [1.54, 1.807) is 11.8 Å². The summed E-state index contributed by atoms with van der Waals surface area (Å²) in [6.45, 7) is 4.50. The summed E-state index contributed by atoms with van der Waals surface area (Å²) < 4.78 is 11.2. The topological polar surface area (TPSA) is 55.8 Å². The van der Waals surface area contributed by atoms with E-state index in [1.807, 2.05) is 43.3 Å². The normalized spacial score (nSPS) is 34.1. The molecule has 1 spiro atoms. The van der Waals surface area contributed by atoms with Gasteiger partial charge in [-0.2, -0.15) is 0 Å². The van der Waals surface area contributed by atoms with Gasteiger partial charge in [-0.15, -0.1) is 0 Å². The molecule has 3 aliphatic rings. The Hall–Kier alpha value is -2.14. The number of carbonyl (C=O) groups is 2. The standard InChI is InChI=1S/C18H19NO4/c1-3-22-17(21)14-13-8-9-18(23-13)10-19(16(20)15(14)18)12-7-5-4-6-11(12)2/h4-9,13-15H,3,10H2,1-2H3. The predicted octanol–water partition coefficient (Wildman–Crippen LogP) is 1.84. The van der Waals surface area contributed by atoms with Crippen LogP contribution >= 0.6 is 0 Å². The van der Waals surface area contributed by atoms with E-state index >= 15 is 0 Å². The Morgan fingerprint density at radius 3 is 2.96 bits per heavy atom. The van der Waals surface area contributed by atoms with Crippen LogP contribution in [0.2, 0.25) is 0 Å². The number of para-hydroxylation sites is 1. The molecule has 5 nitrogen and oxygen atoms in total. The number of benzene rings is 1. The number of hydrogen-bond donors (Lipinski definition) is 0. The van der Waals surface area contributed by atoms with Crippen LogP contribution in [-0.2, 0) is 19.1 Å². The van der Waals surface area contributed by atoms with E-state index in [2.05, 4.69) is 0 Å². The van der Waals surface area contributed by atoms with Crippen molar-refractivity contribution >= 4 is 17.6 Å². The van der Waals surface area contributed by atoms with Crippen LogP contribution in [0.5, 0.6) is 0 Å². The van der Waals surface area contributed by atoms with Gasteiger partial charge in [-0.1, -0.05) is 30.4 Å². The minimum absolute atomic E-state index is 0.0517. The van der Waals surface area contributed by atoms with Gasteiger partial charge in [-0.25, -0.2) is 0 Å². The van der Waals surface area contributed by atoms with Gasteiger partial charge in [-0.05, 0) is 25.5 Å². The van der Waals surface area contributed by atoms with Gasteiger partial charge in [0.15, 0.2) is 0 Å². The molecular formula is C18H19NO4. The van der Waals surface area contributed by atoms with Crippen LogP contribution < -0.4 is 4.90 Å². The van der Waals surface area contributed by atoms with Crippen molar-refractivity contribution < 1.29 is 19.1 Å². The SMILES string of the molecule is CCOC(=O)C1C2C=CC3(CN(c4ccccc4C)C(=O)C13)O2. The Balaban J connectivity index is 1.71. The Labute approximate surface area is 134 Å². The molecule has 4 rings (SSSR count). The quantitative estimate of drug-likeness (QED) is 0.631. The molecule has 5 heteroatoms. The fourth-order valence-electron chi connectivity index (χ4n) is 4.08. The van der Waals surface area contributed by atoms with Crippen LogP contribution in [0.1, 0.15) is 12.5 Å². The first-order valence-electron chi connectivity index (χ1n) is 7.98. The maximum absolute atomic E-state index is 13.0. The second-order valence-electron chi connectivity index (χ2n) is 6.36. The predicted molar refractivity (Wildman–Crippen MR) is 83.9 cm³/mol. The molecule has 120 valence electrons. The monoisotopic (exact) mass is 313 g/mol. The van der Waals surface area contributed by atoms with Crippen LogP contribution in [0.4, 0.5) is 5.69 Å². The highest BCUT2D eigenvalue weighted by atomic mass is 16.6. The highest BCUT2D eigenvalue weighted by Gasteiger charge is 2.67. The van der Waals surface area contributed by atoms with E-state index in [-0.39, 0.29) is 18.0 Å². The van der Waals surface area contributed by atoms with E-state index < -0.39 is 17.4 Å². The number of amides is 1. The zero-order valence-corrected chi connectivity index (χ0v) is 13.2. The van der Waals surface area contributed by atoms with Crippen molar-refractivity contribution in [3.8, 4) is 0 Å².